The number of benzene rings is 2. The average molecular weight is 360 g/mol. The van der Waals surface area contributed by atoms with Crippen molar-refractivity contribution in [1.82, 2.24) is 5.32 Å². The molecule has 0 radical (unpaired) electrons. The molecule has 0 unspecified atom stereocenters. The zero-order valence-corrected chi connectivity index (χ0v) is 14.4. The molecule has 0 atom stereocenters. The van der Waals surface area contributed by atoms with Crippen LogP contribution in [0.3, 0.4) is 0 Å². The van der Waals surface area contributed by atoms with Crippen LogP contribution in [0.4, 0.5) is 21.5 Å². The van der Waals surface area contributed by atoms with E-state index in [-0.39, 0.29) is 11.3 Å². The van der Waals surface area contributed by atoms with E-state index in [9.17, 15) is 19.3 Å². The van der Waals surface area contributed by atoms with Gasteiger partial charge in [-0.1, -0.05) is 18.2 Å². The Kier molecular flexibility index (Phi) is 6.48. The normalized spacial score (nSPS) is 10.4. The molecule has 8 heteroatoms. The van der Waals surface area contributed by atoms with E-state index in [0.29, 0.717) is 13.0 Å². The van der Waals surface area contributed by atoms with E-state index < -0.39 is 22.3 Å². The summed E-state index contributed by atoms with van der Waals surface area (Å²) < 4.78 is 13.8. The van der Waals surface area contributed by atoms with Crippen molar-refractivity contribution in [1.29, 1.82) is 0 Å². The second-order valence-electron chi connectivity index (χ2n) is 5.87. The first-order chi connectivity index (χ1) is 12.4. The standard InChI is InChI=1S/C18H21FN4O3/c1-22(13-7-3-2-4-8-13)10-6-5-9-21-18(24)14-11-17(23(25)26)16(20)12-15(14)19/h2-4,7-8,11-12H,5-6,9-10,20H2,1H3,(H,21,24). The summed E-state index contributed by atoms with van der Waals surface area (Å²) in [6, 6.07) is 11.6. The van der Waals surface area contributed by atoms with Crippen molar-refractivity contribution in [2.45, 2.75) is 12.8 Å². The number of para-hydroxylation sites is 1. The lowest BCUT2D eigenvalue weighted by Gasteiger charge is -2.19. The van der Waals surface area contributed by atoms with Crippen LogP contribution in [0.15, 0.2) is 42.5 Å². The number of carbonyl (C=O) groups excluding carboxylic acids is 1. The van der Waals surface area contributed by atoms with Crippen molar-refractivity contribution in [2.75, 3.05) is 30.8 Å². The number of nitro benzene ring substituents is 1. The molecule has 2 aromatic carbocycles. The fraction of sp³-hybridized carbons (Fsp3) is 0.278. The number of unbranched alkanes of at least 4 members (excludes halogenated alkanes) is 1. The lowest BCUT2D eigenvalue weighted by molar-refractivity contribution is -0.384. The number of nitrogens with one attached hydrogen (secondary N) is 1. The summed E-state index contributed by atoms with van der Waals surface area (Å²) in [5.41, 5.74) is 5.31. The van der Waals surface area contributed by atoms with Gasteiger partial charge in [-0.2, -0.15) is 0 Å². The van der Waals surface area contributed by atoms with Crippen LogP contribution in [0.2, 0.25) is 0 Å². The van der Waals surface area contributed by atoms with Crippen molar-refractivity contribution in [3.05, 3.63) is 64.0 Å². The van der Waals surface area contributed by atoms with Crippen LogP contribution in [0, 0.1) is 15.9 Å². The van der Waals surface area contributed by atoms with Gasteiger partial charge in [0.15, 0.2) is 0 Å². The molecule has 0 saturated heterocycles. The number of carbonyl (C=O) groups is 1. The third-order valence-electron chi connectivity index (χ3n) is 3.96. The number of amides is 1. The second kappa shape index (κ2) is 8.80. The van der Waals surface area contributed by atoms with E-state index in [1.165, 1.54) is 0 Å². The number of anilines is 2. The maximum Gasteiger partial charge on any atom is 0.293 e. The molecule has 0 aliphatic carbocycles. The van der Waals surface area contributed by atoms with E-state index >= 15 is 0 Å². The molecule has 0 spiro atoms. The molecule has 138 valence electrons. The van der Waals surface area contributed by atoms with Crippen molar-refractivity contribution in [3.63, 3.8) is 0 Å². The molecule has 0 aliphatic rings. The van der Waals surface area contributed by atoms with Crippen molar-refractivity contribution in [3.8, 4) is 0 Å². The first kappa shape index (κ1) is 19.2. The Morgan fingerprint density at radius 3 is 2.62 bits per heavy atom. The number of halogens is 1. The van der Waals surface area contributed by atoms with Gasteiger partial charge in [0.1, 0.15) is 11.5 Å². The van der Waals surface area contributed by atoms with Gasteiger partial charge >= 0.3 is 0 Å². The van der Waals surface area contributed by atoms with Gasteiger partial charge in [-0.3, -0.25) is 14.9 Å². The van der Waals surface area contributed by atoms with Gasteiger partial charge in [-0.25, -0.2) is 4.39 Å². The van der Waals surface area contributed by atoms with Gasteiger partial charge in [0.05, 0.1) is 10.5 Å². The van der Waals surface area contributed by atoms with Gasteiger partial charge in [0.25, 0.3) is 11.6 Å². The van der Waals surface area contributed by atoms with Crippen molar-refractivity contribution >= 4 is 23.0 Å². The second-order valence-corrected chi connectivity index (χ2v) is 5.87. The average Bonchev–Trinajstić information content (AvgIpc) is 2.61. The first-order valence-corrected chi connectivity index (χ1v) is 8.18. The number of hydrogen-bond donors (Lipinski definition) is 2. The predicted octanol–water partition coefficient (Wildman–Crippen LogP) is 2.96. The van der Waals surface area contributed by atoms with Gasteiger partial charge in [-0.15, -0.1) is 0 Å². The Bertz CT molecular complexity index is 784. The number of nitrogen functional groups attached to an aromatic ring is 1. The molecule has 3 N–H and O–H groups in total. The van der Waals surface area contributed by atoms with E-state index in [2.05, 4.69) is 10.2 Å². The van der Waals surface area contributed by atoms with E-state index in [1.54, 1.807) is 0 Å². The highest BCUT2D eigenvalue weighted by molar-refractivity contribution is 5.95. The minimum atomic E-state index is -0.880. The van der Waals surface area contributed by atoms with Gasteiger partial charge in [0, 0.05) is 38.0 Å². The zero-order valence-electron chi connectivity index (χ0n) is 14.4. The quantitative estimate of drug-likeness (QED) is 0.326. The molecular formula is C18H21FN4O3. The minimum Gasteiger partial charge on any atom is -0.393 e. The number of hydrogen-bond acceptors (Lipinski definition) is 5. The topological polar surface area (TPSA) is 102 Å². The molecule has 0 aliphatic heterocycles. The van der Waals surface area contributed by atoms with Crippen LogP contribution in [0.5, 0.6) is 0 Å². The SMILES string of the molecule is CN(CCCCNC(=O)c1cc([N+](=O)[O-])c(N)cc1F)c1ccccc1. The number of rotatable bonds is 8. The van der Waals surface area contributed by atoms with E-state index in [0.717, 1.165) is 30.8 Å². The summed E-state index contributed by atoms with van der Waals surface area (Å²) in [5.74, 6) is -1.57. The zero-order chi connectivity index (χ0) is 19.1. The van der Waals surface area contributed by atoms with Crippen LogP contribution < -0.4 is 16.0 Å². The molecule has 2 aromatic rings. The van der Waals surface area contributed by atoms with Gasteiger partial charge < -0.3 is 16.0 Å². The molecule has 26 heavy (non-hydrogen) atoms. The minimum absolute atomic E-state index is 0.312. The summed E-state index contributed by atoms with van der Waals surface area (Å²) in [5, 5.41) is 13.4. The molecule has 2 rings (SSSR count). The molecule has 0 aromatic heterocycles. The Hall–Kier alpha value is -3.16. The van der Waals surface area contributed by atoms with E-state index in [1.807, 2.05) is 37.4 Å². The number of nitro groups is 1. The summed E-state index contributed by atoms with van der Waals surface area (Å²) in [6.07, 6.45) is 1.53. The molecule has 0 heterocycles. The Labute approximate surface area is 150 Å². The monoisotopic (exact) mass is 360 g/mol. The Morgan fingerprint density at radius 1 is 1.27 bits per heavy atom. The highest BCUT2D eigenvalue weighted by Crippen LogP contribution is 2.25. The van der Waals surface area contributed by atoms with Gasteiger partial charge in [0.2, 0.25) is 0 Å². The molecule has 7 nitrogen and oxygen atoms in total. The molecule has 0 fully saturated rings. The lowest BCUT2D eigenvalue weighted by Crippen LogP contribution is -2.26. The molecule has 0 saturated carbocycles. The Morgan fingerprint density at radius 2 is 1.96 bits per heavy atom. The summed E-state index contributed by atoms with van der Waals surface area (Å²) in [4.78, 5) is 24.3. The van der Waals surface area contributed by atoms with Crippen LogP contribution in [0.1, 0.15) is 23.2 Å². The first-order valence-electron chi connectivity index (χ1n) is 8.18. The predicted molar refractivity (Wildman–Crippen MR) is 98.7 cm³/mol. The molecule has 0 bridgehead atoms. The third kappa shape index (κ3) is 4.92. The van der Waals surface area contributed by atoms with Crippen LogP contribution in [-0.2, 0) is 0 Å². The summed E-state index contributed by atoms with van der Waals surface area (Å²) >= 11 is 0. The van der Waals surface area contributed by atoms with Crippen LogP contribution in [0.25, 0.3) is 0 Å². The summed E-state index contributed by atoms with van der Waals surface area (Å²) in [7, 11) is 1.98. The maximum absolute atomic E-state index is 13.8. The maximum atomic E-state index is 13.8. The van der Waals surface area contributed by atoms with Crippen LogP contribution >= 0.6 is 0 Å². The van der Waals surface area contributed by atoms with Crippen molar-refractivity contribution in [2.24, 2.45) is 0 Å². The Balaban J connectivity index is 1.82. The third-order valence-corrected chi connectivity index (χ3v) is 3.96. The fourth-order valence-electron chi connectivity index (χ4n) is 2.49. The smallest absolute Gasteiger partial charge is 0.293 e. The number of nitrogens with two attached hydrogens (primary N) is 1. The van der Waals surface area contributed by atoms with Crippen LogP contribution in [-0.4, -0.2) is 31.0 Å². The molecule has 1 amide bonds. The highest BCUT2D eigenvalue weighted by Gasteiger charge is 2.20. The molecular weight excluding hydrogens is 339 g/mol. The lowest BCUT2D eigenvalue weighted by atomic mass is 10.1. The highest BCUT2D eigenvalue weighted by atomic mass is 19.1. The summed E-state index contributed by atoms with van der Waals surface area (Å²) in [6.45, 7) is 1.15. The number of nitrogens with zero attached hydrogens (tertiary/aromatic N) is 2. The largest absolute Gasteiger partial charge is 0.393 e. The van der Waals surface area contributed by atoms with Crippen molar-refractivity contribution < 1.29 is 14.1 Å². The van der Waals surface area contributed by atoms with Gasteiger partial charge in [-0.05, 0) is 25.0 Å². The fourth-order valence-corrected chi connectivity index (χ4v) is 2.49. The van der Waals surface area contributed by atoms with E-state index in [4.69, 9.17) is 5.73 Å².